The van der Waals surface area contributed by atoms with E-state index in [-0.39, 0.29) is 41.4 Å². The SMILES string of the molecule is CCOc1c(C(=O)NC)nc2c(c1CC(=O)c1cc(NC)c(OC)c(C(C)(C)C)c1)CN=C2N. The topological polar surface area (TPSA) is 128 Å². The van der Waals surface area contributed by atoms with Gasteiger partial charge in [0.05, 0.1) is 25.9 Å². The predicted octanol–water partition coefficient (Wildman–Crippen LogP) is 2.83. The summed E-state index contributed by atoms with van der Waals surface area (Å²) >= 11 is 0. The van der Waals surface area contributed by atoms with E-state index in [2.05, 4.69) is 41.4 Å². The molecule has 0 saturated heterocycles. The molecule has 2 heterocycles. The molecule has 0 spiro atoms. The first-order valence-corrected chi connectivity index (χ1v) is 11.2. The van der Waals surface area contributed by atoms with Crippen LogP contribution in [0.3, 0.4) is 0 Å². The highest BCUT2D eigenvalue weighted by Gasteiger charge is 2.30. The lowest BCUT2D eigenvalue weighted by atomic mass is 9.84. The summed E-state index contributed by atoms with van der Waals surface area (Å²) < 4.78 is 11.5. The Kier molecular flexibility index (Phi) is 7.14. The predicted molar refractivity (Wildman–Crippen MR) is 132 cm³/mol. The molecule has 0 fully saturated rings. The van der Waals surface area contributed by atoms with Crippen molar-refractivity contribution in [1.82, 2.24) is 10.3 Å². The van der Waals surface area contributed by atoms with E-state index in [1.807, 2.05) is 13.0 Å². The number of benzene rings is 1. The molecule has 2 aromatic rings. The average Bonchev–Trinajstić information content (AvgIpc) is 3.18. The number of pyridine rings is 1. The summed E-state index contributed by atoms with van der Waals surface area (Å²) in [6, 6.07) is 3.65. The summed E-state index contributed by atoms with van der Waals surface area (Å²) in [5.74, 6) is 0.685. The Hall–Kier alpha value is -3.62. The van der Waals surface area contributed by atoms with Crippen LogP contribution in [0.2, 0.25) is 0 Å². The quantitative estimate of drug-likeness (QED) is 0.509. The molecule has 1 aliphatic rings. The lowest BCUT2D eigenvalue weighted by molar-refractivity contribution is 0.0949. The summed E-state index contributed by atoms with van der Waals surface area (Å²) in [5.41, 5.74) is 9.75. The van der Waals surface area contributed by atoms with Gasteiger partial charge in [-0.3, -0.25) is 14.6 Å². The maximum absolute atomic E-state index is 13.6. The number of nitrogens with two attached hydrogens (primary N) is 1. The maximum Gasteiger partial charge on any atom is 0.273 e. The van der Waals surface area contributed by atoms with Gasteiger partial charge in [-0.15, -0.1) is 0 Å². The van der Waals surface area contributed by atoms with Crippen LogP contribution < -0.4 is 25.8 Å². The Morgan fingerprint density at radius 3 is 2.44 bits per heavy atom. The molecular formula is C25H33N5O4. The van der Waals surface area contributed by atoms with E-state index >= 15 is 0 Å². The minimum atomic E-state index is -0.420. The molecule has 0 bridgehead atoms. The summed E-state index contributed by atoms with van der Waals surface area (Å²) in [5, 5.41) is 5.71. The van der Waals surface area contributed by atoms with Crippen molar-refractivity contribution in [3.05, 3.63) is 45.8 Å². The summed E-state index contributed by atoms with van der Waals surface area (Å²) in [4.78, 5) is 34.9. The zero-order valence-electron chi connectivity index (χ0n) is 20.9. The van der Waals surface area contributed by atoms with Gasteiger partial charge in [0, 0.05) is 42.8 Å². The van der Waals surface area contributed by atoms with Gasteiger partial charge >= 0.3 is 0 Å². The molecule has 182 valence electrons. The molecule has 9 heteroatoms. The number of amidine groups is 1. The number of amides is 1. The minimum Gasteiger partial charge on any atom is -0.494 e. The first kappa shape index (κ1) is 25.0. The highest BCUT2D eigenvalue weighted by Crippen LogP contribution is 2.39. The van der Waals surface area contributed by atoms with Crippen LogP contribution in [-0.2, 0) is 18.4 Å². The van der Waals surface area contributed by atoms with E-state index in [9.17, 15) is 9.59 Å². The second-order valence-electron chi connectivity index (χ2n) is 9.01. The molecule has 0 unspecified atom stereocenters. The zero-order chi connectivity index (χ0) is 25.2. The number of nitrogens with one attached hydrogen (secondary N) is 2. The molecule has 9 nitrogen and oxygen atoms in total. The van der Waals surface area contributed by atoms with Crippen LogP contribution in [0.15, 0.2) is 17.1 Å². The van der Waals surface area contributed by atoms with Crippen molar-refractivity contribution in [2.45, 2.75) is 46.1 Å². The van der Waals surface area contributed by atoms with Crippen LogP contribution in [-0.4, -0.2) is 50.3 Å². The molecule has 1 aromatic heterocycles. The normalized spacial score (nSPS) is 12.6. The Morgan fingerprint density at radius 1 is 1.18 bits per heavy atom. The summed E-state index contributed by atoms with van der Waals surface area (Å²) in [6.45, 7) is 8.60. The molecule has 4 N–H and O–H groups in total. The van der Waals surface area contributed by atoms with Gasteiger partial charge in [-0.1, -0.05) is 20.8 Å². The first-order chi connectivity index (χ1) is 16.1. The van der Waals surface area contributed by atoms with Crippen LogP contribution >= 0.6 is 0 Å². The number of methoxy groups -OCH3 is 1. The molecular weight excluding hydrogens is 434 g/mol. The van der Waals surface area contributed by atoms with E-state index < -0.39 is 5.91 Å². The van der Waals surface area contributed by atoms with Crippen LogP contribution in [0.5, 0.6) is 11.5 Å². The smallest absolute Gasteiger partial charge is 0.273 e. The number of aromatic nitrogens is 1. The fourth-order valence-corrected chi connectivity index (χ4v) is 4.05. The average molecular weight is 468 g/mol. The maximum atomic E-state index is 13.6. The van der Waals surface area contributed by atoms with Crippen molar-refractivity contribution in [1.29, 1.82) is 0 Å². The minimum absolute atomic E-state index is 0.00600. The zero-order valence-corrected chi connectivity index (χ0v) is 20.9. The first-order valence-electron chi connectivity index (χ1n) is 11.2. The number of Topliss-reactive ketones (excluding diaryl/α,β-unsaturated/α-hetero) is 1. The Labute approximate surface area is 200 Å². The Morgan fingerprint density at radius 2 is 1.88 bits per heavy atom. The van der Waals surface area contributed by atoms with Crippen LogP contribution in [0, 0.1) is 0 Å². The molecule has 0 radical (unpaired) electrons. The van der Waals surface area contributed by atoms with Gasteiger partial charge in [-0.25, -0.2) is 4.98 Å². The second-order valence-corrected chi connectivity index (χ2v) is 9.01. The Bertz CT molecular complexity index is 1170. The van der Waals surface area contributed by atoms with Crippen LogP contribution in [0.1, 0.15) is 70.9 Å². The number of hydrogen-bond acceptors (Lipinski definition) is 8. The van der Waals surface area contributed by atoms with Crippen molar-refractivity contribution < 1.29 is 19.1 Å². The highest BCUT2D eigenvalue weighted by molar-refractivity contribution is 6.05. The summed E-state index contributed by atoms with van der Waals surface area (Å²) in [6.07, 6.45) is 0.00600. The van der Waals surface area contributed by atoms with Crippen molar-refractivity contribution in [2.24, 2.45) is 10.7 Å². The monoisotopic (exact) mass is 467 g/mol. The number of hydrogen-bond donors (Lipinski definition) is 3. The number of anilines is 1. The van der Waals surface area contributed by atoms with E-state index in [1.54, 1.807) is 20.2 Å². The van der Waals surface area contributed by atoms with E-state index in [4.69, 9.17) is 15.2 Å². The van der Waals surface area contributed by atoms with Gasteiger partial charge in [-0.05, 0) is 24.5 Å². The molecule has 1 aliphatic heterocycles. The molecule has 1 amide bonds. The van der Waals surface area contributed by atoms with Crippen LogP contribution in [0.4, 0.5) is 5.69 Å². The Balaban J connectivity index is 2.17. The molecule has 34 heavy (non-hydrogen) atoms. The fraction of sp³-hybridized carbons (Fsp3) is 0.440. The van der Waals surface area contributed by atoms with Crippen molar-refractivity contribution in [3.8, 4) is 11.5 Å². The highest BCUT2D eigenvalue weighted by atomic mass is 16.5. The van der Waals surface area contributed by atoms with Crippen molar-refractivity contribution in [2.75, 3.05) is 33.1 Å². The van der Waals surface area contributed by atoms with Gasteiger partial charge in [0.25, 0.3) is 5.91 Å². The number of nitrogens with zero attached hydrogens (tertiary/aromatic N) is 2. The molecule has 0 atom stereocenters. The van der Waals surface area contributed by atoms with E-state index in [0.717, 1.165) is 11.3 Å². The van der Waals surface area contributed by atoms with Gasteiger partial charge in [0.15, 0.2) is 17.2 Å². The largest absolute Gasteiger partial charge is 0.494 e. The van der Waals surface area contributed by atoms with Crippen LogP contribution in [0.25, 0.3) is 0 Å². The third-order valence-electron chi connectivity index (χ3n) is 5.77. The number of fused-ring (bicyclic) bond motifs is 1. The van der Waals surface area contributed by atoms with Crippen molar-refractivity contribution in [3.63, 3.8) is 0 Å². The van der Waals surface area contributed by atoms with Gasteiger partial charge < -0.3 is 25.8 Å². The lowest BCUT2D eigenvalue weighted by Gasteiger charge is -2.25. The number of ether oxygens (including phenoxy) is 2. The molecule has 1 aromatic carbocycles. The summed E-state index contributed by atoms with van der Waals surface area (Å²) in [7, 11) is 4.92. The molecule has 3 rings (SSSR count). The standard InChI is InChI=1S/C25H33N5O4/c1-8-34-21-14(15-12-29-23(26)19(15)30-20(21)24(32)28-6)11-18(31)13-9-16(25(2,3)4)22(33-7)17(10-13)27-5/h9-10,27H,8,11-12H2,1-7H3,(H2,26,29)(H,28,32). The van der Waals surface area contributed by atoms with E-state index in [0.29, 0.717) is 34.7 Å². The number of ketones is 1. The van der Waals surface area contributed by atoms with Gasteiger partial charge in [0.2, 0.25) is 0 Å². The number of rotatable bonds is 8. The number of aliphatic imine (C=N–C) groups is 1. The number of carbonyl (C=O) groups excluding carboxylic acids is 2. The third kappa shape index (κ3) is 4.55. The third-order valence-corrected chi connectivity index (χ3v) is 5.77. The second kappa shape index (κ2) is 9.70. The van der Waals surface area contributed by atoms with Gasteiger partial charge in [-0.2, -0.15) is 0 Å². The molecule has 0 saturated carbocycles. The van der Waals surface area contributed by atoms with Gasteiger partial charge in [0.1, 0.15) is 17.3 Å². The number of carbonyl (C=O) groups is 2. The fourth-order valence-electron chi connectivity index (χ4n) is 4.05. The lowest BCUT2D eigenvalue weighted by Crippen LogP contribution is -2.25. The van der Waals surface area contributed by atoms with E-state index in [1.165, 1.54) is 7.05 Å². The molecule has 0 aliphatic carbocycles. The van der Waals surface area contributed by atoms with Crippen molar-refractivity contribution >= 4 is 23.2 Å².